The molecule has 0 aliphatic heterocycles. The molecule has 60 valence electrons. The average Bonchev–Trinajstić information content (AvgIpc) is 2.34. The van der Waals surface area contributed by atoms with E-state index in [1.165, 1.54) is 0 Å². The lowest BCUT2D eigenvalue weighted by Gasteiger charge is -1.98. The number of rotatable bonds is 1. The number of carbonyl (C=O) groups excluding carboxylic acids is 1. The number of aromatic nitrogens is 2. The fourth-order valence-corrected chi connectivity index (χ4v) is 0.393. The monoisotopic (exact) mass is 166 g/mol. The first-order valence-corrected chi connectivity index (χ1v) is 2.39. The van der Waals surface area contributed by atoms with Crippen LogP contribution in [0.4, 0.5) is 13.2 Å². The summed E-state index contributed by atoms with van der Waals surface area (Å²) in [5.41, 5.74) is 0. The van der Waals surface area contributed by atoms with Gasteiger partial charge in [-0.15, -0.1) is 10.2 Å². The Morgan fingerprint density at radius 3 is 2.55 bits per heavy atom. The van der Waals surface area contributed by atoms with E-state index in [1.807, 2.05) is 0 Å². The highest BCUT2D eigenvalue weighted by atomic mass is 19.4. The average molecular weight is 166 g/mol. The van der Waals surface area contributed by atoms with E-state index in [1.54, 1.807) is 0 Å². The summed E-state index contributed by atoms with van der Waals surface area (Å²) in [6.45, 7) is 0. The van der Waals surface area contributed by atoms with Crippen molar-refractivity contribution in [2.45, 2.75) is 6.18 Å². The molecule has 0 saturated heterocycles. The highest BCUT2D eigenvalue weighted by Crippen LogP contribution is 2.19. The van der Waals surface area contributed by atoms with Crippen LogP contribution in [0.3, 0.4) is 0 Å². The lowest BCUT2D eigenvalue weighted by atomic mass is 10.4. The number of nitrogens with zero attached hydrogens (tertiary/aromatic N) is 2. The molecule has 0 aromatic carbocycles. The normalized spacial score (nSPS) is 11.5. The van der Waals surface area contributed by atoms with Crippen LogP contribution in [0.1, 0.15) is 10.7 Å². The van der Waals surface area contributed by atoms with Crippen LogP contribution < -0.4 is 0 Å². The van der Waals surface area contributed by atoms with Crippen molar-refractivity contribution in [3.8, 4) is 0 Å². The maximum atomic E-state index is 11.5. The van der Waals surface area contributed by atoms with Crippen molar-refractivity contribution in [3.05, 3.63) is 12.3 Å². The van der Waals surface area contributed by atoms with E-state index < -0.39 is 17.9 Å². The molecule has 0 atom stereocenters. The SMILES string of the molecule is O=C(c1nnco1)C(F)(F)F. The number of alkyl halides is 3. The Labute approximate surface area is 58.0 Å². The molecule has 11 heavy (non-hydrogen) atoms. The largest absolute Gasteiger partial charge is 0.460 e. The van der Waals surface area contributed by atoms with Gasteiger partial charge < -0.3 is 4.42 Å². The predicted molar refractivity (Wildman–Crippen MR) is 24.7 cm³/mol. The van der Waals surface area contributed by atoms with Gasteiger partial charge in [0, 0.05) is 0 Å². The lowest BCUT2D eigenvalue weighted by molar-refractivity contribution is -0.0903. The van der Waals surface area contributed by atoms with E-state index in [0.717, 1.165) is 0 Å². The van der Waals surface area contributed by atoms with Crippen molar-refractivity contribution in [1.29, 1.82) is 0 Å². The molecule has 0 amide bonds. The van der Waals surface area contributed by atoms with Crippen molar-refractivity contribution in [1.82, 2.24) is 10.2 Å². The van der Waals surface area contributed by atoms with Crippen LogP contribution in [0.15, 0.2) is 10.8 Å². The Morgan fingerprint density at radius 1 is 1.55 bits per heavy atom. The smallest absolute Gasteiger partial charge is 0.421 e. The lowest BCUT2D eigenvalue weighted by Crippen LogP contribution is -2.22. The third-order valence-corrected chi connectivity index (χ3v) is 0.812. The van der Waals surface area contributed by atoms with Crippen LogP contribution in [0.5, 0.6) is 0 Å². The van der Waals surface area contributed by atoms with Gasteiger partial charge in [-0.2, -0.15) is 13.2 Å². The van der Waals surface area contributed by atoms with Crippen molar-refractivity contribution in [2.24, 2.45) is 0 Å². The van der Waals surface area contributed by atoms with E-state index in [0.29, 0.717) is 6.39 Å². The molecule has 0 fully saturated rings. The van der Waals surface area contributed by atoms with Crippen molar-refractivity contribution >= 4 is 5.78 Å². The van der Waals surface area contributed by atoms with E-state index in [-0.39, 0.29) is 0 Å². The fourth-order valence-electron chi connectivity index (χ4n) is 0.393. The molecule has 1 rings (SSSR count). The van der Waals surface area contributed by atoms with Gasteiger partial charge in [0.1, 0.15) is 0 Å². The molecule has 0 radical (unpaired) electrons. The highest BCUT2D eigenvalue weighted by molar-refractivity contribution is 5.95. The summed E-state index contributed by atoms with van der Waals surface area (Å²) >= 11 is 0. The van der Waals surface area contributed by atoms with Gasteiger partial charge in [0.15, 0.2) is 0 Å². The second-order valence-corrected chi connectivity index (χ2v) is 1.57. The van der Waals surface area contributed by atoms with Crippen LogP contribution in [0.2, 0.25) is 0 Å². The Hall–Kier alpha value is -1.40. The van der Waals surface area contributed by atoms with Crippen LogP contribution in [-0.2, 0) is 0 Å². The van der Waals surface area contributed by atoms with Gasteiger partial charge in [0.2, 0.25) is 6.39 Å². The predicted octanol–water partition coefficient (Wildman–Crippen LogP) is 0.815. The zero-order valence-electron chi connectivity index (χ0n) is 4.92. The Morgan fingerprint density at radius 2 is 2.18 bits per heavy atom. The van der Waals surface area contributed by atoms with E-state index in [4.69, 9.17) is 0 Å². The number of carbonyl (C=O) groups is 1. The highest BCUT2D eigenvalue weighted by Gasteiger charge is 2.42. The van der Waals surface area contributed by atoms with E-state index >= 15 is 0 Å². The topological polar surface area (TPSA) is 56.0 Å². The molecule has 1 aromatic rings. The fraction of sp³-hybridized carbons (Fsp3) is 0.250. The molecule has 4 nitrogen and oxygen atoms in total. The molecule has 7 heteroatoms. The third-order valence-electron chi connectivity index (χ3n) is 0.812. The first-order chi connectivity index (χ1) is 5.02. The molecule has 0 aliphatic rings. The minimum Gasteiger partial charge on any atom is -0.421 e. The van der Waals surface area contributed by atoms with Crippen LogP contribution in [0.25, 0.3) is 0 Å². The summed E-state index contributed by atoms with van der Waals surface area (Å²) in [6, 6.07) is 0. The maximum absolute atomic E-state index is 11.5. The second kappa shape index (κ2) is 2.33. The molecule has 1 aromatic heterocycles. The first-order valence-electron chi connectivity index (χ1n) is 2.39. The Bertz CT molecular complexity index is 253. The molecule has 1 heterocycles. The quantitative estimate of drug-likeness (QED) is 0.579. The molecular formula is C4HF3N2O2. The van der Waals surface area contributed by atoms with Crippen molar-refractivity contribution < 1.29 is 22.4 Å². The summed E-state index contributed by atoms with van der Waals surface area (Å²) in [7, 11) is 0. The number of hydrogen-bond donors (Lipinski definition) is 0. The summed E-state index contributed by atoms with van der Waals surface area (Å²) in [5.74, 6) is -3.17. The Balaban J connectivity index is 2.88. The number of ketones is 1. The standard InChI is InChI=1S/C4HF3N2O2/c5-4(6,7)2(10)3-9-8-1-11-3/h1H. The van der Waals surface area contributed by atoms with Gasteiger partial charge in [0.25, 0.3) is 5.89 Å². The van der Waals surface area contributed by atoms with Crippen molar-refractivity contribution in [2.75, 3.05) is 0 Å². The van der Waals surface area contributed by atoms with Gasteiger partial charge >= 0.3 is 12.0 Å². The molecule has 0 N–H and O–H groups in total. The summed E-state index contributed by atoms with van der Waals surface area (Å²) in [5, 5.41) is 5.72. The number of hydrogen-bond acceptors (Lipinski definition) is 4. The number of Topliss-reactive ketones (excluding diaryl/α,β-unsaturated/α-hetero) is 1. The molecule has 0 aliphatic carbocycles. The van der Waals surface area contributed by atoms with Gasteiger partial charge in [-0.3, -0.25) is 4.79 Å². The van der Waals surface area contributed by atoms with E-state index in [9.17, 15) is 18.0 Å². The molecule has 0 unspecified atom stereocenters. The zero-order valence-corrected chi connectivity index (χ0v) is 4.92. The minimum absolute atomic E-state index is 0.652. The van der Waals surface area contributed by atoms with Gasteiger partial charge in [-0.05, 0) is 0 Å². The van der Waals surface area contributed by atoms with Gasteiger partial charge in [-0.25, -0.2) is 0 Å². The number of halogens is 3. The van der Waals surface area contributed by atoms with Crippen LogP contribution in [0, 0.1) is 0 Å². The van der Waals surface area contributed by atoms with Gasteiger partial charge in [0.05, 0.1) is 0 Å². The summed E-state index contributed by atoms with van der Waals surface area (Å²) in [4.78, 5) is 10.2. The first kappa shape index (κ1) is 7.70. The van der Waals surface area contributed by atoms with Crippen LogP contribution in [-0.4, -0.2) is 22.2 Å². The van der Waals surface area contributed by atoms with E-state index in [2.05, 4.69) is 14.6 Å². The molecule has 0 bridgehead atoms. The summed E-state index contributed by atoms with van der Waals surface area (Å²) < 4.78 is 38.6. The molecular weight excluding hydrogens is 165 g/mol. The van der Waals surface area contributed by atoms with Gasteiger partial charge in [-0.1, -0.05) is 0 Å². The Kier molecular flexibility index (Phi) is 1.63. The summed E-state index contributed by atoms with van der Waals surface area (Å²) in [6.07, 6.45) is -4.30. The second-order valence-electron chi connectivity index (χ2n) is 1.57. The van der Waals surface area contributed by atoms with Crippen molar-refractivity contribution in [3.63, 3.8) is 0 Å². The zero-order chi connectivity index (χ0) is 8.48. The molecule has 0 spiro atoms. The third kappa shape index (κ3) is 1.54. The van der Waals surface area contributed by atoms with Crippen LogP contribution >= 0.6 is 0 Å². The molecule has 0 saturated carbocycles. The maximum Gasteiger partial charge on any atom is 0.460 e. The minimum atomic E-state index is -4.95.